The molecule has 6 aromatic rings. The molecule has 6 aromatic carbocycles. The minimum Gasteiger partial charge on any atom is -0.0619 e. The van der Waals surface area contributed by atoms with Crippen molar-refractivity contribution in [3.63, 3.8) is 0 Å². The molecule has 0 radical (unpaired) electrons. The molecule has 0 heteroatoms. The van der Waals surface area contributed by atoms with Gasteiger partial charge in [-0.15, -0.1) is 0 Å². The molecule has 0 nitrogen and oxygen atoms in total. The van der Waals surface area contributed by atoms with Crippen molar-refractivity contribution in [1.82, 2.24) is 0 Å². The van der Waals surface area contributed by atoms with Crippen molar-refractivity contribution in [3.05, 3.63) is 120 Å². The van der Waals surface area contributed by atoms with Crippen LogP contribution in [0.4, 0.5) is 0 Å². The van der Waals surface area contributed by atoms with Crippen molar-refractivity contribution in [3.8, 4) is 22.3 Å². The van der Waals surface area contributed by atoms with Crippen molar-refractivity contribution < 1.29 is 0 Å². The van der Waals surface area contributed by atoms with Gasteiger partial charge in [0.2, 0.25) is 0 Å². The van der Waals surface area contributed by atoms with Crippen LogP contribution >= 0.6 is 0 Å². The van der Waals surface area contributed by atoms with E-state index in [2.05, 4.69) is 123 Å². The Hall–Kier alpha value is -3.90. The molecule has 0 N–H and O–H groups in total. The van der Waals surface area contributed by atoms with E-state index in [0.717, 1.165) is 0 Å². The van der Waals surface area contributed by atoms with Crippen LogP contribution in [0.2, 0.25) is 0 Å². The predicted molar refractivity (Wildman–Crippen MR) is 142 cm³/mol. The van der Waals surface area contributed by atoms with E-state index < -0.39 is 0 Å². The summed E-state index contributed by atoms with van der Waals surface area (Å²) in [6.07, 6.45) is 0. The predicted octanol–water partition coefficient (Wildman–Crippen LogP) is 9.12. The van der Waals surface area contributed by atoms with E-state index in [9.17, 15) is 0 Å². The van der Waals surface area contributed by atoms with Gasteiger partial charge < -0.3 is 0 Å². The molecule has 0 heterocycles. The van der Waals surface area contributed by atoms with Gasteiger partial charge in [-0.3, -0.25) is 0 Å². The van der Waals surface area contributed by atoms with E-state index in [1.54, 1.807) is 0 Å². The lowest BCUT2D eigenvalue weighted by Crippen LogP contribution is -2.14. The molecular formula is C33H24. The van der Waals surface area contributed by atoms with Gasteiger partial charge in [-0.2, -0.15) is 0 Å². The van der Waals surface area contributed by atoms with E-state index in [4.69, 9.17) is 0 Å². The average Bonchev–Trinajstić information content (AvgIpc) is 3.10. The molecule has 1 aliphatic rings. The zero-order valence-corrected chi connectivity index (χ0v) is 18.9. The first-order valence-corrected chi connectivity index (χ1v) is 11.7. The van der Waals surface area contributed by atoms with Crippen molar-refractivity contribution in [2.45, 2.75) is 19.3 Å². The smallest absolute Gasteiger partial charge is 0.0159 e. The van der Waals surface area contributed by atoms with Crippen molar-refractivity contribution in [2.24, 2.45) is 0 Å². The fraction of sp³-hybridized carbons (Fsp3) is 0.0909. The van der Waals surface area contributed by atoms with E-state index in [1.165, 1.54) is 65.7 Å². The van der Waals surface area contributed by atoms with Crippen LogP contribution in [-0.2, 0) is 5.41 Å². The maximum atomic E-state index is 2.42. The highest BCUT2D eigenvalue weighted by atomic mass is 14.4. The summed E-state index contributed by atoms with van der Waals surface area (Å²) in [5.41, 5.74) is 8.17. The highest BCUT2D eigenvalue weighted by Gasteiger charge is 2.35. The SMILES string of the molecule is CC1(C)c2ccccc2-c2ccc(-c3ccc4c5ccccc5c5ccccc5c4c3)cc21. The lowest BCUT2D eigenvalue weighted by Gasteiger charge is -2.22. The van der Waals surface area contributed by atoms with Crippen LogP contribution < -0.4 is 0 Å². The summed E-state index contributed by atoms with van der Waals surface area (Å²) >= 11 is 0. The van der Waals surface area contributed by atoms with Crippen LogP contribution in [0.5, 0.6) is 0 Å². The second-order valence-corrected chi connectivity index (χ2v) is 9.78. The Morgan fingerprint density at radius 2 is 0.879 bits per heavy atom. The summed E-state index contributed by atoms with van der Waals surface area (Å²) < 4.78 is 0. The molecule has 0 amide bonds. The first kappa shape index (κ1) is 18.7. The normalized spacial score (nSPS) is 14.0. The summed E-state index contributed by atoms with van der Waals surface area (Å²) in [6.45, 7) is 4.70. The Bertz CT molecular complexity index is 1700. The molecule has 0 atom stereocenters. The Morgan fingerprint density at radius 1 is 0.394 bits per heavy atom. The molecule has 1 aliphatic carbocycles. The summed E-state index contributed by atoms with van der Waals surface area (Å²) in [6, 6.07) is 40.4. The third-order valence-corrected chi connectivity index (χ3v) is 7.66. The lowest BCUT2D eigenvalue weighted by molar-refractivity contribution is 0.660. The van der Waals surface area contributed by atoms with Crippen molar-refractivity contribution in [2.75, 3.05) is 0 Å². The van der Waals surface area contributed by atoms with E-state index in [-0.39, 0.29) is 5.41 Å². The van der Waals surface area contributed by atoms with Crippen molar-refractivity contribution in [1.29, 1.82) is 0 Å². The minimum absolute atomic E-state index is 0.0156. The van der Waals surface area contributed by atoms with Gasteiger partial charge in [0.15, 0.2) is 0 Å². The van der Waals surface area contributed by atoms with E-state index in [1.807, 2.05) is 0 Å². The number of benzene rings is 6. The van der Waals surface area contributed by atoms with Crippen LogP contribution in [0, 0.1) is 0 Å². The van der Waals surface area contributed by atoms with Crippen LogP contribution in [-0.4, -0.2) is 0 Å². The second-order valence-electron chi connectivity index (χ2n) is 9.78. The van der Waals surface area contributed by atoms with Crippen LogP contribution in [0.25, 0.3) is 54.6 Å². The molecule has 0 aliphatic heterocycles. The molecule has 0 spiro atoms. The first-order chi connectivity index (χ1) is 16.1. The fourth-order valence-electron chi connectivity index (χ4n) is 5.97. The van der Waals surface area contributed by atoms with Gasteiger partial charge in [0, 0.05) is 5.41 Å². The molecular weight excluding hydrogens is 396 g/mol. The van der Waals surface area contributed by atoms with Crippen LogP contribution in [0.15, 0.2) is 109 Å². The van der Waals surface area contributed by atoms with Gasteiger partial charge in [-0.1, -0.05) is 111 Å². The third-order valence-electron chi connectivity index (χ3n) is 7.66. The first-order valence-electron chi connectivity index (χ1n) is 11.7. The second kappa shape index (κ2) is 6.56. The quantitative estimate of drug-likeness (QED) is 0.233. The molecule has 0 unspecified atom stereocenters. The number of hydrogen-bond acceptors (Lipinski definition) is 0. The van der Waals surface area contributed by atoms with Gasteiger partial charge in [-0.05, 0) is 77.8 Å². The van der Waals surface area contributed by atoms with E-state index >= 15 is 0 Å². The van der Waals surface area contributed by atoms with Crippen molar-refractivity contribution >= 4 is 32.3 Å². The summed E-state index contributed by atoms with van der Waals surface area (Å²) in [5.74, 6) is 0. The molecule has 0 fully saturated rings. The average molecular weight is 421 g/mol. The maximum absolute atomic E-state index is 2.42. The zero-order valence-electron chi connectivity index (χ0n) is 18.9. The third kappa shape index (κ3) is 2.52. The van der Waals surface area contributed by atoms with Gasteiger partial charge in [0.1, 0.15) is 0 Å². The largest absolute Gasteiger partial charge is 0.0619 e. The summed E-state index contributed by atoms with van der Waals surface area (Å²) in [7, 11) is 0. The molecule has 0 saturated heterocycles. The lowest BCUT2D eigenvalue weighted by atomic mass is 9.81. The monoisotopic (exact) mass is 420 g/mol. The van der Waals surface area contributed by atoms with Gasteiger partial charge in [0.05, 0.1) is 0 Å². The van der Waals surface area contributed by atoms with Crippen LogP contribution in [0.3, 0.4) is 0 Å². The minimum atomic E-state index is 0.0156. The van der Waals surface area contributed by atoms with Gasteiger partial charge >= 0.3 is 0 Å². The Morgan fingerprint density at radius 3 is 1.58 bits per heavy atom. The zero-order chi connectivity index (χ0) is 22.2. The Kier molecular flexibility index (Phi) is 3.71. The molecule has 7 rings (SSSR count). The standard InChI is InChI=1S/C33H24/c1-33(2)31-14-8-7-13-28(31)29-18-16-22(20-32(29)33)21-15-17-27-25-11-4-3-9-23(25)24-10-5-6-12-26(24)30(27)19-21/h3-20H,1-2H3. The highest BCUT2D eigenvalue weighted by molar-refractivity contribution is 6.25. The maximum Gasteiger partial charge on any atom is 0.0159 e. The van der Waals surface area contributed by atoms with E-state index in [0.29, 0.717) is 0 Å². The number of fused-ring (bicyclic) bond motifs is 9. The molecule has 0 aromatic heterocycles. The Balaban J connectivity index is 1.48. The topological polar surface area (TPSA) is 0 Å². The fourth-order valence-corrected chi connectivity index (χ4v) is 5.97. The Labute approximate surface area is 194 Å². The van der Waals surface area contributed by atoms with Crippen LogP contribution in [0.1, 0.15) is 25.0 Å². The van der Waals surface area contributed by atoms with Gasteiger partial charge in [0.25, 0.3) is 0 Å². The molecule has 0 bridgehead atoms. The van der Waals surface area contributed by atoms with Gasteiger partial charge in [-0.25, -0.2) is 0 Å². The highest BCUT2D eigenvalue weighted by Crippen LogP contribution is 2.49. The number of hydrogen-bond donors (Lipinski definition) is 0. The number of rotatable bonds is 1. The molecule has 0 saturated carbocycles. The molecule has 33 heavy (non-hydrogen) atoms. The summed E-state index contributed by atoms with van der Waals surface area (Å²) in [5, 5.41) is 7.94. The summed E-state index contributed by atoms with van der Waals surface area (Å²) in [4.78, 5) is 0. The molecule has 156 valence electrons.